The van der Waals surface area contributed by atoms with Crippen LogP contribution in [0.3, 0.4) is 0 Å². The predicted molar refractivity (Wildman–Crippen MR) is 89.3 cm³/mol. The van der Waals surface area contributed by atoms with Gasteiger partial charge in [0.1, 0.15) is 0 Å². The van der Waals surface area contributed by atoms with Gasteiger partial charge in [0.25, 0.3) is 0 Å². The summed E-state index contributed by atoms with van der Waals surface area (Å²) in [6.45, 7) is 2.91. The predicted octanol–water partition coefficient (Wildman–Crippen LogP) is 3.07. The average Bonchev–Trinajstić information content (AvgIpc) is 2.57. The molecule has 0 aliphatic carbocycles. The van der Waals surface area contributed by atoms with Gasteiger partial charge in [-0.3, -0.25) is 9.69 Å². The van der Waals surface area contributed by atoms with Gasteiger partial charge in [-0.2, -0.15) is 0 Å². The van der Waals surface area contributed by atoms with Crippen LogP contribution in [0.25, 0.3) is 5.57 Å². The molecule has 0 radical (unpaired) electrons. The Morgan fingerprint density at radius 2 is 1.77 bits per heavy atom. The Kier molecular flexibility index (Phi) is 4.35. The molecular formula is C19H20N2O. The molecular weight excluding hydrogens is 272 g/mol. The summed E-state index contributed by atoms with van der Waals surface area (Å²) in [5.41, 5.74) is 9.79. The van der Waals surface area contributed by atoms with Gasteiger partial charge in [0.15, 0.2) is 0 Å². The topological polar surface area (TPSA) is 46.3 Å². The van der Waals surface area contributed by atoms with Gasteiger partial charge in [0, 0.05) is 25.2 Å². The van der Waals surface area contributed by atoms with Crippen molar-refractivity contribution in [2.24, 2.45) is 5.73 Å². The SMILES string of the molecule is NC(=O)c1ccc(CN2CC=C(c3ccccc3)CC2)cc1. The quantitative estimate of drug-likeness (QED) is 0.941. The average molecular weight is 292 g/mol. The van der Waals surface area contributed by atoms with Crippen molar-refractivity contribution >= 4 is 11.5 Å². The van der Waals surface area contributed by atoms with Crippen LogP contribution in [0.5, 0.6) is 0 Å². The Morgan fingerprint density at radius 1 is 1.05 bits per heavy atom. The second-order valence-corrected chi connectivity index (χ2v) is 5.64. The fraction of sp³-hybridized carbons (Fsp3) is 0.211. The Bertz CT molecular complexity index is 674. The molecule has 1 aliphatic rings. The van der Waals surface area contributed by atoms with Crippen molar-refractivity contribution in [3.63, 3.8) is 0 Å². The first-order chi connectivity index (χ1) is 10.7. The number of benzene rings is 2. The maximum atomic E-state index is 11.1. The molecule has 3 heteroatoms. The standard InChI is InChI=1S/C19H20N2O/c20-19(22)18-8-6-15(7-9-18)14-21-12-10-17(11-13-21)16-4-2-1-3-5-16/h1-10H,11-14H2,(H2,20,22). The highest BCUT2D eigenvalue weighted by Gasteiger charge is 2.13. The van der Waals surface area contributed by atoms with E-state index in [2.05, 4.69) is 41.3 Å². The Hall–Kier alpha value is -2.39. The Morgan fingerprint density at radius 3 is 2.36 bits per heavy atom. The van der Waals surface area contributed by atoms with Crippen LogP contribution in [-0.2, 0) is 6.54 Å². The van der Waals surface area contributed by atoms with E-state index in [1.165, 1.54) is 16.7 Å². The van der Waals surface area contributed by atoms with Crippen LogP contribution < -0.4 is 5.73 Å². The van der Waals surface area contributed by atoms with E-state index in [9.17, 15) is 4.79 Å². The van der Waals surface area contributed by atoms with Gasteiger partial charge < -0.3 is 5.73 Å². The molecule has 1 aliphatic heterocycles. The van der Waals surface area contributed by atoms with Gasteiger partial charge in [-0.1, -0.05) is 48.5 Å². The molecule has 0 bridgehead atoms. The highest BCUT2D eigenvalue weighted by molar-refractivity contribution is 5.92. The first-order valence-electron chi connectivity index (χ1n) is 7.58. The molecule has 0 spiro atoms. The summed E-state index contributed by atoms with van der Waals surface area (Å²) in [6, 6.07) is 18.1. The zero-order valence-corrected chi connectivity index (χ0v) is 12.5. The summed E-state index contributed by atoms with van der Waals surface area (Å²) < 4.78 is 0. The van der Waals surface area contributed by atoms with Gasteiger partial charge in [-0.15, -0.1) is 0 Å². The second-order valence-electron chi connectivity index (χ2n) is 5.64. The zero-order valence-electron chi connectivity index (χ0n) is 12.5. The largest absolute Gasteiger partial charge is 0.366 e. The first kappa shape index (κ1) is 14.5. The first-order valence-corrected chi connectivity index (χ1v) is 7.58. The third kappa shape index (κ3) is 3.43. The summed E-state index contributed by atoms with van der Waals surface area (Å²) >= 11 is 0. The van der Waals surface area contributed by atoms with E-state index in [1.54, 1.807) is 12.1 Å². The molecule has 0 aromatic heterocycles. The van der Waals surface area contributed by atoms with Gasteiger partial charge in [0.2, 0.25) is 5.91 Å². The molecule has 2 aromatic carbocycles. The summed E-state index contributed by atoms with van der Waals surface area (Å²) in [6.07, 6.45) is 3.39. The van der Waals surface area contributed by atoms with Crippen molar-refractivity contribution in [3.05, 3.63) is 77.4 Å². The second kappa shape index (κ2) is 6.58. The summed E-state index contributed by atoms with van der Waals surface area (Å²) in [7, 11) is 0. The lowest BCUT2D eigenvalue weighted by molar-refractivity contribution is 0.100. The minimum Gasteiger partial charge on any atom is -0.366 e. The Labute approximate surface area is 131 Å². The lowest BCUT2D eigenvalue weighted by Gasteiger charge is -2.26. The lowest BCUT2D eigenvalue weighted by Crippen LogP contribution is -2.28. The Balaban J connectivity index is 1.62. The van der Waals surface area contributed by atoms with E-state index in [4.69, 9.17) is 5.73 Å². The third-order valence-electron chi connectivity index (χ3n) is 4.08. The van der Waals surface area contributed by atoms with E-state index in [-0.39, 0.29) is 5.91 Å². The fourth-order valence-corrected chi connectivity index (χ4v) is 2.80. The molecule has 3 rings (SSSR count). The normalized spacial score (nSPS) is 15.4. The number of hydrogen-bond donors (Lipinski definition) is 1. The van der Waals surface area contributed by atoms with Crippen molar-refractivity contribution in [3.8, 4) is 0 Å². The van der Waals surface area contributed by atoms with Gasteiger partial charge in [-0.25, -0.2) is 0 Å². The molecule has 2 N–H and O–H groups in total. The van der Waals surface area contributed by atoms with Gasteiger partial charge in [-0.05, 0) is 35.3 Å². The molecule has 1 heterocycles. The van der Waals surface area contributed by atoms with Gasteiger partial charge >= 0.3 is 0 Å². The van der Waals surface area contributed by atoms with Crippen LogP contribution in [0.4, 0.5) is 0 Å². The van der Waals surface area contributed by atoms with Crippen LogP contribution in [-0.4, -0.2) is 23.9 Å². The number of primary amides is 1. The summed E-state index contributed by atoms with van der Waals surface area (Å²) in [5.74, 6) is -0.375. The number of hydrogen-bond acceptors (Lipinski definition) is 2. The molecule has 2 aromatic rings. The molecule has 112 valence electrons. The fourth-order valence-electron chi connectivity index (χ4n) is 2.80. The molecule has 0 unspecified atom stereocenters. The minimum absolute atomic E-state index is 0.375. The number of nitrogens with two attached hydrogens (primary N) is 1. The number of rotatable bonds is 4. The van der Waals surface area contributed by atoms with Crippen LogP contribution in [0.1, 0.15) is 27.9 Å². The van der Waals surface area contributed by atoms with E-state index >= 15 is 0 Å². The van der Waals surface area contributed by atoms with Gasteiger partial charge in [0.05, 0.1) is 0 Å². The van der Waals surface area contributed by atoms with Crippen molar-refractivity contribution in [2.75, 3.05) is 13.1 Å². The minimum atomic E-state index is -0.375. The van der Waals surface area contributed by atoms with Crippen molar-refractivity contribution in [1.29, 1.82) is 0 Å². The highest BCUT2D eigenvalue weighted by Crippen LogP contribution is 2.22. The maximum absolute atomic E-state index is 11.1. The highest BCUT2D eigenvalue weighted by atomic mass is 16.1. The van der Waals surface area contributed by atoms with Crippen LogP contribution in [0.15, 0.2) is 60.7 Å². The number of amides is 1. The monoisotopic (exact) mass is 292 g/mol. The zero-order chi connectivity index (χ0) is 15.4. The van der Waals surface area contributed by atoms with Crippen LogP contribution >= 0.6 is 0 Å². The van der Waals surface area contributed by atoms with Crippen LogP contribution in [0, 0.1) is 0 Å². The number of carbonyl (C=O) groups is 1. The molecule has 3 nitrogen and oxygen atoms in total. The maximum Gasteiger partial charge on any atom is 0.248 e. The molecule has 0 saturated heterocycles. The molecule has 22 heavy (non-hydrogen) atoms. The smallest absolute Gasteiger partial charge is 0.248 e. The molecule has 0 atom stereocenters. The molecule has 1 amide bonds. The number of carbonyl (C=O) groups excluding carboxylic acids is 1. The van der Waals surface area contributed by atoms with E-state index < -0.39 is 0 Å². The summed E-state index contributed by atoms with van der Waals surface area (Å²) in [5, 5.41) is 0. The van der Waals surface area contributed by atoms with Crippen molar-refractivity contribution in [2.45, 2.75) is 13.0 Å². The third-order valence-corrected chi connectivity index (χ3v) is 4.08. The molecule has 0 fully saturated rings. The van der Waals surface area contributed by atoms with Crippen molar-refractivity contribution < 1.29 is 4.79 Å². The summed E-state index contributed by atoms with van der Waals surface area (Å²) in [4.78, 5) is 13.5. The van der Waals surface area contributed by atoms with Crippen molar-refractivity contribution in [1.82, 2.24) is 4.90 Å². The van der Waals surface area contributed by atoms with Crippen LogP contribution in [0.2, 0.25) is 0 Å². The number of nitrogens with zero attached hydrogens (tertiary/aromatic N) is 1. The van der Waals surface area contributed by atoms with E-state index in [1.807, 2.05) is 12.1 Å². The molecule has 0 saturated carbocycles. The lowest BCUT2D eigenvalue weighted by atomic mass is 9.99. The van der Waals surface area contributed by atoms with E-state index in [0.29, 0.717) is 5.56 Å². The van der Waals surface area contributed by atoms with E-state index in [0.717, 1.165) is 26.1 Å².